The van der Waals surface area contributed by atoms with E-state index >= 15 is 0 Å². The highest BCUT2D eigenvalue weighted by Crippen LogP contribution is 2.49. The molecule has 1 saturated carbocycles. The number of ether oxygens (including phenoxy) is 1. The summed E-state index contributed by atoms with van der Waals surface area (Å²) in [5.41, 5.74) is 2.25. The smallest absolute Gasteiger partial charge is 0.225 e. The maximum atomic E-state index is 14.5. The molecule has 1 aliphatic carbocycles. The number of aromatic nitrogens is 1. The predicted octanol–water partition coefficient (Wildman–Crippen LogP) is 3.97. The number of nitrogens with one attached hydrogen (secondary N) is 1. The van der Waals surface area contributed by atoms with Gasteiger partial charge in [-0.2, -0.15) is 0 Å². The molecule has 2 aromatic carbocycles. The van der Waals surface area contributed by atoms with Crippen LogP contribution < -0.4 is 0 Å². The summed E-state index contributed by atoms with van der Waals surface area (Å²) in [4.78, 5) is 17.7. The van der Waals surface area contributed by atoms with Gasteiger partial charge in [-0.15, -0.1) is 0 Å². The second kappa shape index (κ2) is 8.26. The molecular weight excluding hydrogens is 421 g/mol. The Labute approximate surface area is 182 Å². The average Bonchev–Trinajstić information content (AvgIpc) is 3.12. The Balaban J connectivity index is 1.45. The van der Waals surface area contributed by atoms with Gasteiger partial charge < -0.3 is 19.7 Å². The van der Waals surface area contributed by atoms with Gasteiger partial charge in [-0.25, -0.2) is 13.2 Å². The highest BCUT2D eigenvalue weighted by Gasteiger charge is 2.41. The van der Waals surface area contributed by atoms with E-state index < -0.39 is 11.6 Å². The van der Waals surface area contributed by atoms with Crippen LogP contribution in [0.5, 0.6) is 0 Å². The number of nitrogens with zero attached hydrogens (tertiary/aromatic N) is 1. The summed E-state index contributed by atoms with van der Waals surface area (Å²) in [5.74, 6) is -1.98. The van der Waals surface area contributed by atoms with Crippen LogP contribution in [0.25, 0.3) is 22.2 Å². The number of aliphatic hydroxyl groups excluding tert-OH is 1. The first kappa shape index (κ1) is 21.0. The third-order valence-corrected chi connectivity index (χ3v) is 6.55. The number of H-pyrrole nitrogens is 1. The van der Waals surface area contributed by atoms with Crippen molar-refractivity contribution in [2.75, 3.05) is 26.3 Å². The Morgan fingerprint density at radius 1 is 1.12 bits per heavy atom. The number of hydrogen-bond acceptors (Lipinski definition) is 3. The van der Waals surface area contributed by atoms with Crippen LogP contribution in [0, 0.1) is 23.4 Å². The molecule has 1 amide bonds. The Hall–Kier alpha value is -2.84. The lowest BCUT2D eigenvalue weighted by atomic mass is 9.69. The second-order valence-corrected chi connectivity index (χ2v) is 8.56. The number of halogens is 3. The van der Waals surface area contributed by atoms with E-state index in [0.29, 0.717) is 49.2 Å². The van der Waals surface area contributed by atoms with Crippen molar-refractivity contribution in [2.45, 2.75) is 24.9 Å². The van der Waals surface area contributed by atoms with Crippen molar-refractivity contribution in [1.82, 2.24) is 9.88 Å². The zero-order valence-electron chi connectivity index (χ0n) is 17.3. The summed E-state index contributed by atoms with van der Waals surface area (Å²) in [5, 5.41) is 9.77. The number of aromatic amines is 1. The lowest BCUT2D eigenvalue weighted by Gasteiger charge is -2.40. The molecule has 1 aliphatic heterocycles. The van der Waals surface area contributed by atoms with Crippen LogP contribution in [-0.2, 0) is 9.53 Å². The van der Waals surface area contributed by atoms with E-state index in [2.05, 4.69) is 4.98 Å². The molecule has 1 atom stereocenters. The molecule has 8 heteroatoms. The van der Waals surface area contributed by atoms with Crippen molar-refractivity contribution in [3.05, 3.63) is 59.4 Å². The highest BCUT2D eigenvalue weighted by molar-refractivity contribution is 5.92. The summed E-state index contributed by atoms with van der Waals surface area (Å²) in [7, 11) is 0. The fourth-order valence-corrected chi connectivity index (χ4v) is 4.85. The normalized spacial score (nSPS) is 23.4. The van der Waals surface area contributed by atoms with E-state index in [9.17, 15) is 23.1 Å². The molecule has 32 heavy (non-hydrogen) atoms. The van der Waals surface area contributed by atoms with Crippen LogP contribution >= 0.6 is 0 Å². The molecule has 3 aromatic rings. The number of morpholine rings is 1. The summed E-state index contributed by atoms with van der Waals surface area (Å²) in [6, 6.07) is 7.99. The van der Waals surface area contributed by atoms with Gasteiger partial charge in [0.2, 0.25) is 5.91 Å². The quantitative estimate of drug-likeness (QED) is 0.640. The fourth-order valence-electron chi connectivity index (χ4n) is 4.85. The number of hydrogen-bond donors (Lipinski definition) is 2. The molecule has 0 radical (unpaired) electrons. The van der Waals surface area contributed by atoms with Crippen molar-refractivity contribution >= 4 is 16.8 Å². The molecule has 0 bridgehead atoms. The number of carbonyl (C=O) groups excluding carboxylic acids is 1. The lowest BCUT2D eigenvalue weighted by Crippen LogP contribution is -2.50. The lowest BCUT2D eigenvalue weighted by molar-refractivity contribution is -0.147. The minimum Gasteiger partial charge on any atom is -0.394 e. The summed E-state index contributed by atoms with van der Waals surface area (Å²) in [6.07, 6.45) is 0.742. The molecule has 2 fully saturated rings. The third kappa shape index (κ3) is 3.67. The second-order valence-electron chi connectivity index (χ2n) is 8.56. The minimum absolute atomic E-state index is 0.0172. The zero-order chi connectivity index (χ0) is 22.4. The minimum atomic E-state index is -0.690. The average molecular weight is 444 g/mol. The number of fused-ring (bicyclic) bond motifs is 1. The van der Waals surface area contributed by atoms with Crippen molar-refractivity contribution < 1.29 is 27.8 Å². The number of benzene rings is 2. The first-order chi connectivity index (χ1) is 15.4. The summed E-state index contributed by atoms with van der Waals surface area (Å²) >= 11 is 0. The summed E-state index contributed by atoms with van der Waals surface area (Å²) in [6.45, 7) is 1.11. The van der Waals surface area contributed by atoms with Gasteiger partial charge in [0.25, 0.3) is 0 Å². The third-order valence-electron chi connectivity index (χ3n) is 6.55. The molecule has 2 aliphatic rings. The number of carbonyl (C=O) groups is 1. The van der Waals surface area contributed by atoms with E-state index in [0.717, 1.165) is 11.6 Å². The number of amides is 1. The van der Waals surface area contributed by atoms with Crippen LogP contribution in [0.4, 0.5) is 13.2 Å². The van der Waals surface area contributed by atoms with Gasteiger partial charge in [-0.05, 0) is 60.2 Å². The van der Waals surface area contributed by atoms with Gasteiger partial charge in [0.15, 0.2) is 0 Å². The first-order valence-electron chi connectivity index (χ1n) is 10.7. The van der Waals surface area contributed by atoms with Crippen molar-refractivity contribution in [3.8, 4) is 11.3 Å². The van der Waals surface area contributed by atoms with Crippen LogP contribution in [-0.4, -0.2) is 53.3 Å². The van der Waals surface area contributed by atoms with Crippen LogP contribution in [0.1, 0.15) is 24.3 Å². The molecule has 1 unspecified atom stereocenters. The molecule has 168 valence electrons. The van der Waals surface area contributed by atoms with Gasteiger partial charge in [-0.1, -0.05) is 0 Å². The van der Waals surface area contributed by atoms with Crippen molar-refractivity contribution in [2.24, 2.45) is 5.92 Å². The van der Waals surface area contributed by atoms with Crippen LogP contribution in [0.15, 0.2) is 36.4 Å². The Bertz CT molecular complexity index is 1160. The monoisotopic (exact) mass is 444 g/mol. The Morgan fingerprint density at radius 2 is 1.88 bits per heavy atom. The summed E-state index contributed by atoms with van der Waals surface area (Å²) < 4.78 is 47.4. The van der Waals surface area contributed by atoms with E-state index in [1.165, 1.54) is 18.2 Å². The van der Waals surface area contributed by atoms with Crippen molar-refractivity contribution in [1.29, 1.82) is 0 Å². The topological polar surface area (TPSA) is 65.6 Å². The predicted molar refractivity (Wildman–Crippen MR) is 112 cm³/mol. The SMILES string of the molecule is O=C([C@H]1C[C@H](c2c(-c3ccc(F)cc3)[nH]c3c(F)cc(F)cc32)C1)N1CCOC(CO)C1. The van der Waals surface area contributed by atoms with E-state index in [4.69, 9.17) is 4.74 Å². The molecular formula is C24H23F3N2O3. The zero-order valence-corrected chi connectivity index (χ0v) is 17.3. The highest BCUT2D eigenvalue weighted by atomic mass is 19.1. The van der Waals surface area contributed by atoms with Gasteiger partial charge in [0.1, 0.15) is 17.5 Å². The number of aliphatic hydroxyl groups is 1. The number of rotatable bonds is 4. The van der Waals surface area contributed by atoms with E-state index in [1.807, 2.05) is 0 Å². The maximum Gasteiger partial charge on any atom is 0.225 e. The van der Waals surface area contributed by atoms with Crippen LogP contribution in [0.3, 0.4) is 0 Å². The van der Waals surface area contributed by atoms with Gasteiger partial charge in [0, 0.05) is 30.5 Å². The van der Waals surface area contributed by atoms with E-state index in [-0.39, 0.29) is 41.8 Å². The Morgan fingerprint density at radius 3 is 2.59 bits per heavy atom. The van der Waals surface area contributed by atoms with Gasteiger partial charge in [-0.3, -0.25) is 4.79 Å². The molecule has 2 N–H and O–H groups in total. The largest absolute Gasteiger partial charge is 0.394 e. The molecule has 5 rings (SSSR count). The molecule has 1 saturated heterocycles. The van der Waals surface area contributed by atoms with E-state index in [1.54, 1.807) is 17.0 Å². The van der Waals surface area contributed by atoms with Crippen molar-refractivity contribution in [3.63, 3.8) is 0 Å². The first-order valence-corrected chi connectivity index (χ1v) is 10.7. The Kier molecular flexibility index (Phi) is 5.43. The molecule has 2 heterocycles. The van der Waals surface area contributed by atoms with Gasteiger partial charge in [0.05, 0.1) is 30.5 Å². The molecule has 1 aromatic heterocycles. The standard InChI is InChI=1S/C24H23F3N2O3/c25-16-3-1-13(2-4-16)22-21(19-9-17(26)10-20(27)23(19)28-22)14-7-15(8-14)24(31)29-5-6-32-18(11-29)12-30/h1-4,9-10,14-15,18,28,30H,5-8,11-12H2/t14-,15-,18?. The fraction of sp³-hybridized carbons (Fsp3) is 0.375. The maximum absolute atomic E-state index is 14.5. The molecule has 5 nitrogen and oxygen atoms in total. The van der Waals surface area contributed by atoms with Gasteiger partial charge >= 0.3 is 0 Å². The molecule has 0 spiro atoms. The van der Waals surface area contributed by atoms with Crippen LogP contribution in [0.2, 0.25) is 0 Å².